The average molecular weight is 527 g/mol. The Morgan fingerprint density at radius 2 is 1.00 bits per heavy atom. The quantitative estimate of drug-likeness (QED) is 0.204. The highest BCUT2D eigenvalue weighted by atomic mass is 32.1. The van der Waals surface area contributed by atoms with E-state index in [2.05, 4.69) is 133 Å². The Balaban J connectivity index is 1.36. The fourth-order valence-electron chi connectivity index (χ4n) is 6.51. The number of rotatable bonds is 2. The van der Waals surface area contributed by atoms with Gasteiger partial charge in [0.05, 0.1) is 4.70 Å². The zero-order valence-corrected chi connectivity index (χ0v) is 22.3. The van der Waals surface area contributed by atoms with E-state index in [-0.39, 0.29) is 0 Å². The first kappa shape index (κ1) is 22.0. The summed E-state index contributed by atoms with van der Waals surface area (Å²) < 4.78 is 7.77. The Labute approximate surface area is 234 Å². The minimum atomic E-state index is 0.931. The number of benzene rings is 7. The van der Waals surface area contributed by atoms with E-state index >= 15 is 0 Å². The van der Waals surface area contributed by atoms with Crippen molar-refractivity contribution >= 4 is 75.7 Å². The van der Waals surface area contributed by atoms with Crippen LogP contribution in [0.1, 0.15) is 0 Å². The lowest BCUT2D eigenvalue weighted by Gasteiger charge is -2.18. The van der Waals surface area contributed by atoms with Gasteiger partial charge in [0.2, 0.25) is 0 Å². The fraction of sp³-hybridized carbons (Fsp3) is 0. The van der Waals surface area contributed by atoms with Crippen molar-refractivity contribution in [1.82, 2.24) is 0 Å². The molecule has 9 aromatic rings. The highest BCUT2D eigenvalue weighted by Gasteiger charge is 2.18. The SMILES string of the molecule is c1ccc2cc(-c3c4ccccc4c(-c4ccc5c(c4)oc4c5ccc5ccsc54)c4ccccc34)ccc2c1. The lowest BCUT2D eigenvalue weighted by Crippen LogP contribution is -1.90. The average Bonchev–Trinajstić information content (AvgIpc) is 3.64. The second kappa shape index (κ2) is 8.29. The lowest BCUT2D eigenvalue weighted by atomic mass is 9.85. The summed E-state index contributed by atoms with van der Waals surface area (Å²) in [7, 11) is 0. The summed E-state index contributed by atoms with van der Waals surface area (Å²) >= 11 is 1.74. The van der Waals surface area contributed by atoms with E-state index in [0.717, 1.165) is 16.6 Å². The monoisotopic (exact) mass is 526 g/mol. The predicted octanol–water partition coefficient (Wildman–Crippen LogP) is 11.6. The third kappa shape index (κ3) is 3.08. The standard InChI is InChI=1S/C38H22OS/c1-2-8-25-21-26(14-13-23(25)7-1)35-29-9-3-5-11-31(29)36(32-12-6-4-10-30(32)35)27-16-17-28-33-18-15-24-19-20-40-38(24)37(33)39-34(28)22-27/h1-22H. The van der Waals surface area contributed by atoms with Crippen molar-refractivity contribution < 1.29 is 4.42 Å². The van der Waals surface area contributed by atoms with Crippen LogP contribution in [-0.4, -0.2) is 0 Å². The van der Waals surface area contributed by atoms with Gasteiger partial charge in [0, 0.05) is 10.8 Å². The number of fused-ring (bicyclic) bond motifs is 8. The fourth-order valence-corrected chi connectivity index (χ4v) is 7.39. The van der Waals surface area contributed by atoms with Crippen LogP contribution in [0.15, 0.2) is 137 Å². The molecule has 2 aromatic heterocycles. The van der Waals surface area contributed by atoms with E-state index < -0.39 is 0 Å². The molecule has 0 fully saturated rings. The van der Waals surface area contributed by atoms with Crippen molar-refractivity contribution in [3.8, 4) is 22.3 Å². The van der Waals surface area contributed by atoms with Crippen molar-refractivity contribution in [2.24, 2.45) is 0 Å². The first-order chi connectivity index (χ1) is 19.8. The summed E-state index contributed by atoms with van der Waals surface area (Å²) in [5.74, 6) is 0. The van der Waals surface area contributed by atoms with E-state index in [1.807, 2.05) is 0 Å². The maximum absolute atomic E-state index is 6.55. The molecule has 7 aromatic carbocycles. The van der Waals surface area contributed by atoms with E-state index in [1.165, 1.54) is 70.0 Å². The van der Waals surface area contributed by atoms with Gasteiger partial charge in [-0.3, -0.25) is 0 Å². The summed E-state index contributed by atoms with van der Waals surface area (Å²) in [5.41, 5.74) is 6.86. The van der Waals surface area contributed by atoms with Gasteiger partial charge in [0.1, 0.15) is 5.58 Å². The summed E-state index contributed by atoms with van der Waals surface area (Å²) in [5, 5.41) is 13.3. The molecule has 0 N–H and O–H groups in total. The molecule has 0 aliphatic carbocycles. The third-order valence-corrected chi connectivity index (χ3v) is 9.25. The van der Waals surface area contributed by atoms with Crippen LogP contribution in [0.3, 0.4) is 0 Å². The molecule has 40 heavy (non-hydrogen) atoms. The highest BCUT2D eigenvalue weighted by Crippen LogP contribution is 2.45. The van der Waals surface area contributed by atoms with E-state index in [9.17, 15) is 0 Å². The molecular formula is C38H22OS. The molecule has 0 saturated heterocycles. The van der Waals surface area contributed by atoms with E-state index in [4.69, 9.17) is 4.42 Å². The second-order valence-corrected chi connectivity index (χ2v) is 11.4. The molecule has 0 radical (unpaired) electrons. The van der Waals surface area contributed by atoms with Gasteiger partial charge in [-0.05, 0) is 95.7 Å². The molecule has 0 aliphatic rings. The first-order valence-corrected chi connectivity index (χ1v) is 14.5. The van der Waals surface area contributed by atoms with Crippen LogP contribution in [0.5, 0.6) is 0 Å². The van der Waals surface area contributed by atoms with Gasteiger partial charge in [-0.25, -0.2) is 0 Å². The molecule has 0 spiro atoms. The topological polar surface area (TPSA) is 13.1 Å². The van der Waals surface area contributed by atoms with Gasteiger partial charge >= 0.3 is 0 Å². The van der Waals surface area contributed by atoms with Crippen LogP contribution >= 0.6 is 11.3 Å². The third-order valence-electron chi connectivity index (χ3n) is 8.32. The molecule has 1 nitrogen and oxygen atoms in total. The smallest absolute Gasteiger partial charge is 0.153 e. The summed E-state index contributed by atoms with van der Waals surface area (Å²) in [6.45, 7) is 0. The van der Waals surface area contributed by atoms with Crippen molar-refractivity contribution in [2.75, 3.05) is 0 Å². The molecule has 2 heterocycles. The van der Waals surface area contributed by atoms with Crippen molar-refractivity contribution in [2.45, 2.75) is 0 Å². The van der Waals surface area contributed by atoms with Crippen LogP contribution in [0.4, 0.5) is 0 Å². The second-order valence-electron chi connectivity index (χ2n) is 10.5. The molecular weight excluding hydrogens is 504 g/mol. The van der Waals surface area contributed by atoms with Gasteiger partial charge in [0.15, 0.2) is 5.58 Å². The normalized spacial score (nSPS) is 12.0. The number of hydrogen-bond donors (Lipinski definition) is 0. The molecule has 0 saturated carbocycles. The number of hydrogen-bond acceptors (Lipinski definition) is 2. The van der Waals surface area contributed by atoms with Crippen LogP contribution in [0.25, 0.3) is 86.6 Å². The molecule has 186 valence electrons. The summed E-state index contributed by atoms with van der Waals surface area (Å²) in [4.78, 5) is 0. The molecule has 9 rings (SSSR count). The molecule has 2 heteroatoms. The molecule has 0 atom stereocenters. The lowest BCUT2D eigenvalue weighted by molar-refractivity contribution is 0.673. The largest absolute Gasteiger partial charge is 0.455 e. The summed E-state index contributed by atoms with van der Waals surface area (Å²) in [6.07, 6.45) is 0. The van der Waals surface area contributed by atoms with Gasteiger partial charge in [-0.2, -0.15) is 0 Å². The van der Waals surface area contributed by atoms with Gasteiger partial charge in [-0.15, -0.1) is 11.3 Å². The molecule has 0 amide bonds. The Bertz CT molecular complexity index is 2380. The minimum Gasteiger partial charge on any atom is -0.455 e. The Morgan fingerprint density at radius 3 is 1.73 bits per heavy atom. The Kier molecular flexibility index (Phi) is 4.55. The van der Waals surface area contributed by atoms with Crippen molar-refractivity contribution in [3.63, 3.8) is 0 Å². The number of furan rings is 1. The maximum atomic E-state index is 6.55. The maximum Gasteiger partial charge on any atom is 0.153 e. The molecule has 0 unspecified atom stereocenters. The number of thiophene rings is 1. The van der Waals surface area contributed by atoms with Crippen LogP contribution in [0, 0.1) is 0 Å². The van der Waals surface area contributed by atoms with E-state index in [1.54, 1.807) is 11.3 Å². The van der Waals surface area contributed by atoms with Crippen LogP contribution in [-0.2, 0) is 0 Å². The van der Waals surface area contributed by atoms with Crippen molar-refractivity contribution in [1.29, 1.82) is 0 Å². The van der Waals surface area contributed by atoms with E-state index in [0.29, 0.717) is 0 Å². The van der Waals surface area contributed by atoms with Crippen LogP contribution < -0.4 is 0 Å². The van der Waals surface area contributed by atoms with Crippen LogP contribution in [0.2, 0.25) is 0 Å². The van der Waals surface area contributed by atoms with Gasteiger partial charge in [0.25, 0.3) is 0 Å². The molecule has 0 aliphatic heterocycles. The zero-order valence-electron chi connectivity index (χ0n) is 21.5. The van der Waals surface area contributed by atoms with Gasteiger partial charge < -0.3 is 4.42 Å². The van der Waals surface area contributed by atoms with Gasteiger partial charge in [-0.1, -0.05) is 97.1 Å². The summed E-state index contributed by atoms with van der Waals surface area (Å²) in [6, 6.07) is 46.4. The Morgan fingerprint density at radius 1 is 0.425 bits per heavy atom. The first-order valence-electron chi connectivity index (χ1n) is 13.6. The Hall–Kier alpha value is -4.92. The minimum absolute atomic E-state index is 0.931. The molecule has 0 bridgehead atoms. The highest BCUT2D eigenvalue weighted by molar-refractivity contribution is 7.18. The predicted molar refractivity (Wildman–Crippen MR) is 172 cm³/mol. The zero-order chi connectivity index (χ0) is 26.2. The van der Waals surface area contributed by atoms with Crippen molar-refractivity contribution in [3.05, 3.63) is 133 Å².